The molecule has 10 nitrogen and oxygen atoms in total. The highest BCUT2D eigenvalue weighted by atomic mass is 32.2. The normalized spacial score (nSPS) is 22.5. The van der Waals surface area contributed by atoms with Crippen molar-refractivity contribution in [2.75, 3.05) is 57.6 Å². The number of nitrogens with one attached hydrogen (secondary N) is 2. The van der Waals surface area contributed by atoms with Crippen molar-refractivity contribution >= 4 is 32.6 Å². The number of carbonyl (C=O) groups excluding carboxylic acids is 2. The van der Waals surface area contributed by atoms with Crippen LogP contribution in [0.5, 0.6) is 5.75 Å². The highest BCUT2D eigenvalue weighted by molar-refractivity contribution is 7.88. The van der Waals surface area contributed by atoms with Crippen LogP contribution in [-0.4, -0.2) is 103 Å². The first-order valence-corrected chi connectivity index (χ1v) is 16.8. The summed E-state index contributed by atoms with van der Waals surface area (Å²) < 4.78 is 56.7. The minimum Gasteiger partial charge on any atom is -0.497 e. The van der Waals surface area contributed by atoms with Gasteiger partial charge in [0.1, 0.15) is 17.6 Å². The van der Waals surface area contributed by atoms with Gasteiger partial charge in [-0.05, 0) is 55.3 Å². The number of sulfonamides is 1. The van der Waals surface area contributed by atoms with Crippen molar-refractivity contribution in [1.82, 2.24) is 19.8 Å². The summed E-state index contributed by atoms with van der Waals surface area (Å²) >= 11 is 0. The van der Waals surface area contributed by atoms with Gasteiger partial charge in [0.15, 0.2) is 0 Å². The summed E-state index contributed by atoms with van der Waals surface area (Å²) in [5, 5.41) is 6.16. The van der Waals surface area contributed by atoms with Crippen LogP contribution in [0, 0.1) is 5.82 Å². The van der Waals surface area contributed by atoms with Gasteiger partial charge in [-0.15, -0.1) is 0 Å². The molecule has 1 heterocycles. The number of hydrogen-bond acceptors (Lipinski definition) is 7. The third kappa shape index (κ3) is 8.12. The number of methoxy groups -OCH3 is 1. The fourth-order valence-corrected chi connectivity index (χ4v) is 7.00. The number of rotatable bonds is 12. The number of piperazine rings is 1. The predicted octanol–water partition coefficient (Wildman–Crippen LogP) is 1.32. The van der Waals surface area contributed by atoms with Crippen LogP contribution in [0.1, 0.15) is 35.2 Å². The molecule has 2 aliphatic rings. The SMILES string of the molecule is COc1ccc([C@@H]2C[C@@]2(C)NCCS(=O)C[C@H](NC(=O)c2ccc(F)cc2)C(=O)N2CCN(S(C)(=O)=O)CC2)cc1. The minimum absolute atomic E-state index is 0.0988. The number of amides is 2. The molecule has 1 saturated carbocycles. The van der Waals surface area contributed by atoms with Gasteiger partial charge in [0, 0.05) is 66.3 Å². The molecule has 0 bridgehead atoms. The van der Waals surface area contributed by atoms with Crippen LogP contribution in [0.4, 0.5) is 4.39 Å². The molecular weight excluding hydrogens is 571 g/mol. The quantitative estimate of drug-likeness (QED) is 0.373. The summed E-state index contributed by atoms with van der Waals surface area (Å²) in [6.45, 7) is 3.20. The van der Waals surface area contributed by atoms with Crippen molar-refractivity contribution in [3.8, 4) is 5.75 Å². The molecular formula is C28H37FN4O6S2. The van der Waals surface area contributed by atoms with E-state index in [2.05, 4.69) is 17.6 Å². The zero-order valence-electron chi connectivity index (χ0n) is 23.5. The van der Waals surface area contributed by atoms with E-state index in [0.717, 1.165) is 30.6 Å². The Kier molecular flexibility index (Phi) is 9.83. The Labute approximate surface area is 243 Å². The Balaban J connectivity index is 1.35. The smallest absolute Gasteiger partial charge is 0.251 e. The highest BCUT2D eigenvalue weighted by Gasteiger charge is 2.50. The van der Waals surface area contributed by atoms with Crippen LogP contribution < -0.4 is 15.4 Å². The van der Waals surface area contributed by atoms with Gasteiger partial charge in [-0.1, -0.05) is 12.1 Å². The molecule has 0 aromatic heterocycles. The van der Waals surface area contributed by atoms with Crippen LogP contribution in [0.15, 0.2) is 48.5 Å². The Morgan fingerprint density at radius 2 is 1.73 bits per heavy atom. The molecule has 224 valence electrons. The number of hydrogen-bond donors (Lipinski definition) is 2. The van der Waals surface area contributed by atoms with Gasteiger partial charge in [0.2, 0.25) is 15.9 Å². The van der Waals surface area contributed by atoms with Crippen molar-refractivity contribution in [3.63, 3.8) is 0 Å². The largest absolute Gasteiger partial charge is 0.497 e. The van der Waals surface area contributed by atoms with Gasteiger partial charge < -0.3 is 20.3 Å². The van der Waals surface area contributed by atoms with Crippen LogP contribution >= 0.6 is 0 Å². The lowest BCUT2D eigenvalue weighted by atomic mass is 10.1. The molecule has 1 unspecified atom stereocenters. The van der Waals surface area contributed by atoms with Gasteiger partial charge >= 0.3 is 0 Å². The maximum atomic E-state index is 13.4. The second kappa shape index (κ2) is 13.0. The Morgan fingerprint density at radius 3 is 2.32 bits per heavy atom. The van der Waals surface area contributed by atoms with Gasteiger partial charge in [-0.3, -0.25) is 13.8 Å². The van der Waals surface area contributed by atoms with Crippen LogP contribution in [0.2, 0.25) is 0 Å². The monoisotopic (exact) mass is 608 g/mol. The molecule has 2 aromatic carbocycles. The zero-order valence-corrected chi connectivity index (χ0v) is 25.1. The van der Waals surface area contributed by atoms with E-state index in [4.69, 9.17) is 4.74 Å². The van der Waals surface area contributed by atoms with Crippen molar-refractivity contribution < 1.29 is 31.3 Å². The molecule has 0 radical (unpaired) electrons. The van der Waals surface area contributed by atoms with Gasteiger partial charge in [-0.25, -0.2) is 12.8 Å². The lowest BCUT2D eigenvalue weighted by Gasteiger charge is -2.35. The van der Waals surface area contributed by atoms with Crippen molar-refractivity contribution in [3.05, 3.63) is 65.5 Å². The summed E-state index contributed by atoms with van der Waals surface area (Å²) in [7, 11) is -3.20. The summed E-state index contributed by atoms with van der Waals surface area (Å²) in [6.07, 6.45) is 2.06. The fourth-order valence-electron chi connectivity index (χ4n) is 5.08. The predicted molar refractivity (Wildman–Crippen MR) is 155 cm³/mol. The highest BCUT2D eigenvalue weighted by Crippen LogP contribution is 2.51. The number of ether oxygens (including phenoxy) is 1. The van der Waals surface area contributed by atoms with Gasteiger partial charge in [-0.2, -0.15) is 4.31 Å². The lowest BCUT2D eigenvalue weighted by Crippen LogP contribution is -2.57. The van der Waals surface area contributed by atoms with E-state index in [9.17, 15) is 26.6 Å². The molecule has 0 spiro atoms. The van der Waals surface area contributed by atoms with E-state index in [-0.39, 0.29) is 48.8 Å². The van der Waals surface area contributed by atoms with E-state index < -0.39 is 44.5 Å². The molecule has 2 fully saturated rings. The average molecular weight is 609 g/mol. The van der Waals surface area contributed by atoms with Crippen molar-refractivity contribution in [2.45, 2.75) is 30.8 Å². The molecule has 2 amide bonds. The average Bonchev–Trinajstić information content (AvgIpc) is 3.63. The van der Waals surface area contributed by atoms with Crippen molar-refractivity contribution in [2.24, 2.45) is 0 Å². The van der Waals surface area contributed by atoms with Crippen LogP contribution in [-0.2, 0) is 25.6 Å². The van der Waals surface area contributed by atoms with Crippen LogP contribution in [0.25, 0.3) is 0 Å². The molecule has 1 aliphatic heterocycles. The molecule has 13 heteroatoms. The number of nitrogens with zero attached hydrogens (tertiary/aromatic N) is 2. The Hall–Kier alpha value is -2.87. The molecule has 1 saturated heterocycles. The Morgan fingerprint density at radius 1 is 1.10 bits per heavy atom. The third-order valence-electron chi connectivity index (χ3n) is 7.70. The van der Waals surface area contributed by atoms with E-state index >= 15 is 0 Å². The maximum absolute atomic E-state index is 13.4. The minimum atomic E-state index is -3.38. The molecule has 1 aliphatic carbocycles. The van der Waals surface area contributed by atoms with Gasteiger partial charge in [0.25, 0.3) is 5.91 Å². The number of benzene rings is 2. The Bertz CT molecular complexity index is 1360. The molecule has 4 rings (SSSR count). The molecule has 4 atom stereocenters. The number of carbonyl (C=O) groups is 2. The zero-order chi connectivity index (χ0) is 29.8. The summed E-state index contributed by atoms with van der Waals surface area (Å²) in [5.41, 5.74) is 1.25. The summed E-state index contributed by atoms with van der Waals surface area (Å²) in [5.74, 6) is -0.194. The maximum Gasteiger partial charge on any atom is 0.251 e. The molecule has 2 aromatic rings. The van der Waals surface area contributed by atoms with E-state index in [1.54, 1.807) is 7.11 Å². The number of halogens is 1. The molecule has 2 N–H and O–H groups in total. The lowest BCUT2D eigenvalue weighted by molar-refractivity contribution is -0.133. The van der Waals surface area contributed by atoms with Gasteiger partial charge in [0.05, 0.1) is 19.1 Å². The molecule has 41 heavy (non-hydrogen) atoms. The summed E-state index contributed by atoms with van der Waals surface area (Å²) in [6, 6.07) is 11.8. The van der Waals surface area contributed by atoms with E-state index in [1.807, 2.05) is 24.3 Å². The van der Waals surface area contributed by atoms with Crippen LogP contribution in [0.3, 0.4) is 0 Å². The second-order valence-corrected chi connectivity index (χ2v) is 14.3. The fraction of sp³-hybridized carbons (Fsp3) is 0.500. The third-order valence-corrected chi connectivity index (χ3v) is 10.4. The second-order valence-electron chi connectivity index (χ2n) is 10.7. The summed E-state index contributed by atoms with van der Waals surface area (Å²) in [4.78, 5) is 27.8. The topological polar surface area (TPSA) is 125 Å². The van der Waals surface area contributed by atoms with Crippen molar-refractivity contribution in [1.29, 1.82) is 0 Å². The first kappa shape index (κ1) is 31.1. The van der Waals surface area contributed by atoms with E-state index in [0.29, 0.717) is 12.5 Å². The first-order valence-electron chi connectivity index (χ1n) is 13.4. The first-order chi connectivity index (χ1) is 19.4. The standard InChI is InChI=1S/C28H37FN4O6S2/c1-28(18-24(28)20-6-10-23(39-2)11-7-20)30-12-17-40(36)19-25(31-26(34)21-4-8-22(29)9-5-21)27(35)32-13-15-33(16-14-32)41(3,37)38/h4-11,24-25,30H,12-19H2,1-3H3,(H,31,34)/t24-,25-,28+,40?/m0/s1. The van der Waals surface area contributed by atoms with E-state index in [1.165, 1.54) is 26.9 Å².